The van der Waals surface area contributed by atoms with E-state index < -0.39 is 11.8 Å². The number of benzene rings is 2. The van der Waals surface area contributed by atoms with Crippen molar-refractivity contribution in [3.8, 4) is 0 Å². The Labute approximate surface area is 125 Å². The molecule has 6 heteroatoms. The van der Waals surface area contributed by atoms with Crippen molar-refractivity contribution >= 4 is 34.9 Å². The largest absolute Gasteiger partial charge is 0.457 e. The molecule has 0 fully saturated rings. The van der Waals surface area contributed by atoms with Crippen LogP contribution in [0.4, 0.5) is 10.1 Å². The molecule has 0 heterocycles. The highest BCUT2D eigenvalue weighted by molar-refractivity contribution is 6.33. The molecule has 0 saturated heterocycles. The number of hydrogen-bond donors (Lipinski definition) is 1. The second-order valence-corrected chi connectivity index (χ2v) is 4.84. The third kappa shape index (κ3) is 3.21. The SMILES string of the molecule is Nc1c(Cl)cccc1C(=O)OCc1ccc(Cl)c(F)c1. The molecule has 0 saturated carbocycles. The quantitative estimate of drug-likeness (QED) is 0.686. The molecule has 0 unspecified atom stereocenters. The highest BCUT2D eigenvalue weighted by Crippen LogP contribution is 2.23. The predicted molar refractivity (Wildman–Crippen MR) is 76.4 cm³/mol. The first-order valence-electron chi connectivity index (χ1n) is 5.64. The minimum atomic E-state index is -0.625. The summed E-state index contributed by atoms with van der Waals surface area (Å²) in [5.41, 5.74) is 6.50. The molecule has 0 radical (unpaired) electrons. The summed E-state index contributed by atoms with van der Waals surface area (Å²) in [6, 6.07) is 8.84. The molecular formula is C14H10Cl2FNO2. The number of ether oxygens (including phenoxy) is 1. The van der Waals surface area contributed by atoms with Gasteiger partial charge in [-0.05, 0) is 29.8 Å². The van der Waals surface area contributed by atoms with Crippen LogP contribution in [0, 0.1) is 5.82 Å². The molecule has 20 heavy (non-hydrogen) atoms. The monoisotopic (exact) mass is 313 g/mol. The highest BCUT2D eigenvalue weighted by atomic mass is 35.5. The van der Waals surface area contributed by atoms with Gasteiger partial charge in [-0.15, -0.1) is 0 Å². The number of esters is 1. The lowest BCUT2D eigenvalue weighted by atomic mass is 10.2. The third-order valence-corrected chi connectivity index (χ3v) is 3.26. The highest BCUT2D eigenvalue weighted by Gasteiger charge is 2.13. The summed E-state index contributed by atoms with van der Waals surface area (Å²) in [7, 11) is 0. The van der Waals surface area contributed by atoms with Gasteiger partial charge in [0, 0.05) is 0 Å². The Balaban J connectivity index is 2.08. The smallest absolute Gasteiger partial charge is 0.340 e. The van der Waals surface area contributed by atoms with Crippen LogP contribution in [0.1, 0.15) is 15.9 Å². The van der Waals surface area contributed by atoms with E-state index in [1.165, 1.54) is 18.2 Å². The first kappa shape index (κ1) is 14.6. The van der Waals surface area contributed by atoms with E-state index in [4.69, 9.17) is 33.7 Å². The Morgan fingerprint density at radius 2 is 1.95 bits per heavy atom. The summed E-state index contributed by atoms with van der Waals surface area (Å²) in [6.45, 7) is -0.0844. The average molecular weight is 314 g/mol. The topological polar surface area (TPSA) is 52.3 Å². The number of halogens is 3. The lowest BCUT2D eigenvalue weighted by Gasteiger charge is -2.08. The maximum absolute atomic E-state index is 13.2. The Bertz CT molecular complexity index is 662. The molecule has 0 aliphatic heterocycles. The van der Waals surface area contributed by atoms with Crippen LogP contribution in [0.5, 0.6) is 0 Å². The standard InChI is InChI=1S/C14H10Cl2FNO2/c15-10-5-4-8(6-12(10)17)7-20-14(19)9-2-1-3-11(16)13(9)18/h1-6H,7,18H2. The Kier molecular flexibility index (Phi) is 4.47. The summed E-state index contributed by atoms with van der Waals surface area (Å²) in [4.78, 5) is 11.9. The predicted octanol–water partition coefficient (Wildman–Crippen LogP) is 4.07. The number of carbonyl (C=O) groups excluding carboxylic acids is 1. The Morgan fingerprint density at radius 1 is 1.20 bits per heavy atom. The van der Waals surface area contributed by atoms with E-state index in [-0.39, 0.29) is 27.9 Å². The second-order valence-electron chi connectivity index (χ2n) is 4.03. The lowest BCUT2D eigenvalue weighted by molar-refractivity contribution is 0.0473. The summed E-state index contributed by atoms with van der Waals surface area (Å²) >= 11 is 11.4. The van der Waals surface area contributed by atoms with Crippen molar-refractivity contribution in [1.29, 1.82) is 0 Å². The van der Waals surface area contributed by atoms with Gasteiger partial charge in [0.2, 0.25) is 0 Å². The van der Waals surface area contributed by atoms with E-state index in [0.717, 1.165) is 0 Å². The van der Waals surface area contributed by atoms with Crippen LogP contribution in [-0.4, -0.2) is 5.97 Å². The molecule has 104 valence electrons. The van der Waals surface area contributed by atoms with Gasteiger partial charge < -0.3 is 10.5 Å². The van der Waals surface area contributed by atoms with Crippen molar-refractivity contribution in [2.24, 2.45) is 0 Å². The fourth-order valence-corrected chi connectivity index (χ4v) is 1.86. The van der Waals surface area contributed by atoms with Crippen LogP contribution >= 0.6 is 23.2 Å². The zero-order valence-electron chi connectivity index (χ0n) is 10.2. The van der Waals surface area contributed by atoms with Crippen molar-refractivity contribution < 1.29 is 13.9 Å². The minimum absolute atomic E-state index is 0.0131. The van der Waals surface area contributed by atoms with Crippen LogP contribution in [-0.2, 0) is 11.3 Å². The molecule has 0 bridgehead atoms. The van der Waals surface area contributed by atoms with Crippen LogP contribution in [0.2, 0.25) is 10.0 Å². The zero-order valence-corrected chi connectivity index (χ0v) is 11.7. The van der Waals surface area contributed by atoms with Crippen LogP contribution in [0.25, 0.3) is 0 Å². The summed E-state index contributed by atoms with van der Waals surface area (Å²) in [5, 5.41) is 0.288. The Hall–Kier alpha value is -1.78. The van der Waals surface area contributed by atoms with Gasteiger partial charge in [0.25, 0.3) is 0 Å². The maximum Gasteiger partial charge on any atom is 0.340 e. The van der Waals surface area contributed by atoms with Crippen LogP contribution in [0.3, 0.4) is 0 Å². The van der Waals surface area contributed by atoms with Gasteiger partial charge in [-0.25, -0.2) is 9.18 Å². The fraction of sp³-hybridized carbons (Fsp3) is 0.0714. The van der Waals surface area contributed by atoms with E-state index >= 15 is 0 Å². The fourth-order valence-electron chi connectivity index (χ4n) is 1.57. The number of carbonyl (C=O) groups is 1. The average Bonchev–Trinajstić information content (AvgIpc) is 2.43. The van der Waals surface area contributed by atoms with E-state index in [2.05, 4.69) is 0 Å². The number of hydrogen-bond acceptors (Lipinski definition) is 3. The van der Waals surface area contributed by atoms with Gasteiger partial charge in [-0.3, -0.25) is 0 Å². The molecule has 0 aromatic heterocycles. The normalized spacial score (nSPS) is 10.3. The number of nitrogen functional groups attached to an aromatic ring is 1. The van der Waals surface area contributed by atoms with Gasteiger partial charge in [-0.2, -0.15) is 0 Å². The van der Waals surface area contributed by atoms with Crippen molar-refractivity contribution in [3.63, 3.8) is 0 Å². The van der Waals surface area contributed by atoms with Gasteiger partial charge in [0.1, 0.15) is 12.4 Å². The number of rotatable bonds is 3. The van der Waals surface area contributed by atoms with Crippen molar-refractivity contribution in [2.75, 3.05) is 5.73 Å². The van der Waals surface area contributed by atoms with Crippen molar-refractivity contribution in [1.82, 2.24) is 0 Å². The van der Waals surface area contributed by atoms with Crippen molar-refractivity contribution in [3.05, 3.63) is 63.4 Å². The van der Waals surface area contributed by atoms with Gasteiger partial charge in [-0.1, -0.05) is 35.3 Å². The maximum atomic E-state index is 13.2. The molecule has 3 nitrogen and oxygen atoms in total. The summed E-state index contributed by atoms with van der Waals surface area (Å²) < 4.78 is 18.3. The van der Waals surface area contributed by atoms with E-state index in [9.17, 15) is 9.18 Å². The molecule has 0 atom stereocenters. The van der Waals surface area contributed by atoms with E-state index in [1.54, 1.807) is 18.2 Å². The summed E-state index contributed by atoms with van der Waals surface area (Å²) in [6.07, 6.45) is 0. The van der Waals surface area contributed by atoms with Crippen LogP contribution in [0.15, 0.2) is 36.4 Å². The summed E-state index contributed by atoms with van der Waals surface area (Å²) in [5.74, 6) is -1.19. The molecular weight excluding hydrogens is 304 g/mol. The number of nitrogens with two attached hydrogens (primary N) is 1. The van der Waals surface area contributed by atoms with Crippen molar-refractivity contribution in [2.45, 2.75) is 6.61 Å². The molecule has 0 aliphatic rings. The number of anilines is 1. The molecule has 2 N–H and O–H groups in total. The van der Waals surface area contributed by atoms with Gasteiger partial charge in [0.15, 0.2) is 0 Å². The molecule has 0 spiro atoms. The first-order chi connectivity index (χ1) is 9.49. The molecule has 2 aromatic carbocycles. The second kappa shape index (κ2) is 6.11. The molecule has 0 amide bonds. The molecule has 2 rings (SSSR count). The molecule has 2 aromatic rings. The van der Waals surface area contributed by atoms with Crippen LogP contribution < -0.4 is 5.73 Å². The zero-order chi connectivity index (χ0) is 14.7. The lowest BCUT2D eigenvalue weighted by Crippen LogP contribution is -2.08. The Morgan fingerprint density at radius 3 is 2.65 bits per heavy atom. The minimum Gasteiger partial charge on any atom is -0.457 e. The number of para-hydroxylation sites is 1. The van der Waals surface area contributed by atoms with E-state index in [0.29, 0.717) is 5.56 Å². The van der Waals surface area contributed by atoms with E-state index in [1.807, 2.05) is 0 Å². The van der Waals surface area contributed by atoms with Gasteiger partial charge in [0.05, 0.1) is 21.3 Å². The van der Waals surface area contributed by atoms with Gasteiger partial charge >= 0.3 is 5.97 Å². The molecule has 0 aliphatic carbocycles. The third-order valence-electron chi connectivity index (χ3n) is 2.63. The first-order valence-corrected chi connectivity index (χ1v) is 6.39.